The molecule has 3 rings (SSSR count). The quantitative estimate of drug-likeness (QED) is 0.910. The second-order valence-corrected chi connectivity index (χ2v) is 9.00. The minimum absolute atomic E-state index is 0.319. The van der Waals surface area contributed by atoms with Gasteiger partial charge in [-0.25, -0.2) is 8.42 Å². The monoisotopic (exact) mass is 310 g/mol. The van der Waals surface area contributed by atoms with E-state index in [2.05, 4.69) is 0 Å². The summed E-state index contributed by atoms with van der Waals surface area (Å²) in [4.78, 5) is 0. The number of aliphatic hydroxyl groups is 1. The Morgan fingerprint density at radius 2 is 1.62 bits per heavy atom. The van der Waals surface area contributed by atoms with Crippen LogP contribution in [0, 0.1) is 13.8 Å². The molecule has 1 aromatic carbocycles. The van der Waals surface area contributed by atoms with E-state index in [1.54, 1.807) is 7.11 Å². The zero-order valence-corrected chi connectivity index (χ0v) is 13.5. The van der Waals surface area contributed by atoms with Gasteiger partial charge in [-0.3, -0.25) is 0 Å². The van der Waals surface area contributed by atoms with Crippen molar-refractivity contribution >= 4 is 9.84 Å². The van der Waals surface area contributed by atoms with E-state index in [1.807, 2.05) is 26.0 Å². The molecule has 2 atom stereocenters. The standard InChI is InChI=1S/C16H22O4S/c1-10-6-12(20-3)7-11(2)15(10)16(17)8-13-4-5-14(9-16)21(13,18)19/h6-7,13-14,17H,4-5,8-9H2,1-3H3. The molecule has 5 heteroatoms. The minimum Gasteiger partial charge on any atom is -0.497 e. The van der Waals surface area contributed by atoms with Crippen LogP contribution in [0.1, 0.15) is 42.4 Å². The molecule has 1 N–H and O–H groups in total. The van der Waals surface area contributed by atoms with Crippen molar-refractivity contribution in [2.45, 2.75) is 55.6 Å². The van der Waals surface area contributed by atoms with Crippen LogP contribution in [0.4, 0.5) is 0 Å². The third-order valence-electron chi connectivity index (χ3n) is 5.08. The Bertz CT molecular complexity index is 635. The molecule has 0 saturated carbocycles. The van der Waals surface area contributed by atoms with Crippen molar-refractivity contribution in [3.05, 3.63) is 28.8 Å². The summed E-state index contributed by atoms with van der Waals surface area (Å²) in [6.45, 7) is 3.90. The maximum Gasteiger partial charge on any atom is 0.156 e. The average Bonchev–Trinajstić information content (AvgIpc) is 2.58. The summed E-state index contributed by atoms with van der Waals surface area (Å²) in [5, 5.41) is 10.4. The summed E-state index contributed by atoms with van der Waals surface area (Å²) >= 11 is 0. The molecular weight excluding hydrogens is 288 g/mol. The van der Waals surface area contributed by atoms with E-state index >= 15 is 0 Å². The molecule has 2 saturated heterocycles. The van der Waals surface area contributed by atoms with E-state index in [4.69, 9.17) is 4.74 Å². The Hall–Kier alpha value is -1.07. The highest BCUT2D eigenvalue weighted by molar-refractivity contribution is 7.93. The molecule has 2 unspecified atom stereocenters. The van der Waals surface area contributed by atoms with E-state index < -0.39 is 15.4 Å². The molecule has 116 valence electrons. The number of rotatable bonds is 2. The first-order valence-corrected chi connectivity index (χ1v) is 8.99. The fraction of sp³-hybridized carbons (Fsp3) is 0.625. The zero-order valence-electron chi connectivity index (χ0n) is 12.7. The molecule has 2 aliphatic heterocycles. The highest BCUT2D eigenvalue weighted by atomic mass is 32.2. The lowest BCUT2D eigenvalue weighted by Crippen LogP contribution is -2.43. The van der Waals surface area contributed by atoms with Crippen LogP contribution in [0.15, 0.2) is 12.1 Å². The second kappa shape index (κ2) is 4.71. The van der Waals surface area contributed by atoms with Crippen LogP contribution in [0.2, 0.25) is 0 Å². The van der Waals surface area contributed by atoms with E-state index in [-0.39, 0.29) is 10.5 Å². The molecule has 4 nitrogen and oxygen atoms in total. The molecule has 0 aliphatic carbocycles. The van der Waals surface area contributed by atoms with Crippen molar-refractivity contribution in [2.24, 2.45) is 0 Å². The fourth-order valence-corrected chi connectivity index (χ4v) is 6.71. The van der Waals surface area contributed by atoms with Gasteiger partial charge in [0.25, 0.3) is 0 Å². The van der Waals surface area contributed by atoms with E-state index in [0.29, 0.717) is 25.7 Å². The predicted molar refractivity (Wildman–Crippen MR) is 81.3 cm³/mol. The van der Waals surface area contributed by atoms with Crippen LogP contribution in [0.3, 0.4) is 0 Å². The van der Waals surface area contributed by atoms with Gasteiger partial charge in [0, 0.05) is 0 Å². The molecule has 0 spiro atoms. The molecule has 2 bridgehead atoms. The summed E-state index contributed by atoms with van der Waals surface area (Å²) in [6.07, 6.45) is 2.01. The maximum absolute atomic E-state index is 12.2. The van der Waals surface area contributed by atoms with Crippen LogP contribution in [-0.4, -0.2) is 31.1 Å². The number of hydrogen-bond donors (Lipinski definition) is 1. The van der Waals surface area contributed by atoms with Gasteiger partial charge in [-0.1, -0.05) is 0 Å². The summed E-state index contributed by atoms with van der Waals surface area (Å²) in [6, 6.07) is 3.82. The third-order valence-corrected chi connectivity index (χ3v) is 7.74. The maximum atomic E-state index is 12.2. The summed E-state index contributed by atoms with van der Waals surface area (Å²) in [7, 11) is -1.41. The van der Waals surface area contributed by atoms with Gasteiger partial charge in [-0.05, 0) is 68.4 Å². The number of methoxy groups -OCH3 is 1. The minimum atomic E-state index is -3.03. The van der Waals surface area contributed by atoms with E-state index in [0.717, 1.165) is 22.4 Å². The van der Waals surface area contributed by atoms with Crippen LogP contribution in [-0.2, 0) is 15.4 Å². The second-order valence-electron chi connectivity index (χ2n) is 6.49. The van der Waals surface area contributed by atoms with Crippen molar-refractivity contribution in [1.82, 2.24) is 0 Å². The van der Waals surface area contributed by atoms with E-state index in [9.17, 15) is 13.5 Å². The topological polar surface area (TPSA) is 63.6 Å². The molecule has 2 heterocycles. The number of ether oxygens (including phenoxy) is 1. The molecule has 2 fully saturated rings. The van der Waals surface area contributed by atoms with Crippen molar-refractivity contribution in [3.8, 4) is 5.75 Å². The Labute approximate surface area is 126 Å². The lowest BCUT2D eigenvalue weighted by Gasteiger charge is -2.38. The Morgan fingerprint density at radius 1 is 1.14 bits per heavy atom. The van der Waals surface area contributed by atoms with Gasteiger partial charge in [-0.15, -0.1) is 0 Å². The molecule has 2 aliphatic rings. The van der Waals surface area contributed by atoms with Crippen LogP contribution >= 0.6 is 0 Å². The number of fused-ring (bicyclic) bond motifs is 2. The van der Waals surface area contributed by atoms with Crippen molar-refractivity contribution in [3.63, 3.8) is 0 Å². The van der Waals surface area contributed by atoms with Crippen molar-refractivity contribution in [1.29, 1.82) is 0 Å². The summed E-state index contributed by atoms with van der Waals surface area (Å²) in [5.41, 5.74) is 1.79. The first-order valence-electron chi connectivity index (χ1n) is 7.39. The van der Waals surface area contributed by atoms with Crippen molar-refractivity contribution in [2.75, 3.05) is 7.11 Å². The van der Waals surface area contributed by atoms with Gasteiger partial charge in [-0.2, -0.15) is 0 Å². The van der Waals surface area contributed by atoms with E-state index in [1.165, 1.54) is 0 Å². The first-order chi connectivity index (χ1) is 9.78. The smallest absolute Gasteiger partial charge is 0.156 e. The van der Waals surface area contributed by atoms with Crippen molar-refractivity contribution < 1.29 is 18.3 Å². The Balaban J connectivity index is 2.06. The van der Waals surface area contributed by atoms with Crippen LogP contribution < -0.4 is 4.74 Å². The largest absolute Gasteiger partial charge is 0.497 e. The zero-order chi connectivity index (χ0) is 15.4. The number of sulfone groups is 1. The molecule has 21 heavy (non-hydrogen) atoms. The lowest BCUT2D eigenvalue weighted by atomic mass is 9.81. The highest BCUT2D eigenvalue weighted by Gasteiger charge is 2.53. The SMILES string of the molecule is COc1cc(C)c(C2(O)CC3CCC(C2)S3(=O)=O)c(C)c1. The lowest BCUT2D eigenvalue weighted by molar-refractivity contribution is 0.0161. The van der Waals surface area contributed by atoms with Gasteiger partial charge < -0.3 is 9.84 Å². The summed E-state index contributed by atoms with van der Waals surface area (Å²) in [5.74, 6) is 0.767. The molecular formula is C16H22O4S. The predicted octanol–water partition coefficient (Wildman–Crippen LogP) is 2.24. The average molecular weight is 310 g/mol. The third kappa shape index (κ3) is 2.18. The number of benzene rings is 1. The molecule has 0 radical (unpaired) electrons. The highest BCUT2D eigenvalue weighted by Crippen LogP contribution is 2.49. The number of aryl methyl sites for hydroxylation is 2. The van der Waals surface area contributed by atoms with Gasteiger partial charge in [0.2, 0.25) is 0 Å². The Morgan fingerprint density at radius 3 is 2.05 bits per heavy atom. The number of hydrogen-bond acceptors (Lipinski definition) is 4. The van der Waals surface area contributed by atoms with Gasteiger partial charge in [0.15, 0.2) is 9.84 Å². The molecule has 0 amide bonds. The normalized spacial score (nSPS) is 33.9. The van der Waals surface area contributed by atoms with Gasteiger partial charge >= 0.3 is 0 Å². The van der Waals surface area contributed by atoms with Gasteiger partial charge in [0.1, 0.15) is 5.75 Å². The first kappa shape index (κ1) is 14.9. The van der Waals surface area contributed by atoms with Crippen LogP contribution in [0.5, 0.6) is 5.75 Å². The summed E-state index contributed by atoms with van der Waals surface area (Å²) < 4.78 is 29.7. The molecule has 1 aromatic rings. The molecule has 0 aromatic heterocycles. The Kier molecular flexibility index (Phi) is 3.33. The van der Waals surface area contributed by atoms with Gasteiger partial charge in [0.05, 0.1) is 23.2 Å². The fourth-order valence-electron chi connectivity index (χ4n) is 4.23. The van der Waals surface area contributed by atoms with Crippen LogP contribution in [0.25, 0.3) is 0 Å².